The molecule has 0 saturated carbocycles. The average Bonchev–Trinajstić information content (AvgIpc) is 2.05. The molecular formula is C9H20Cl2N2O2. The van der Waals surface area contributed by atoms with Gasteiger partial charge in [0.25, 0.3) is 0 Å². The molecule has 4 nitrogen and oxygen atoms in total. The zero-order valence-corrected chi connectivity index (χ0v) is 10.9. The maximum Gasteiger partial charge on any atom is 0.326 e. The summed E-state index contributed by atoms with van der Waals surface area (Å²) in [5.74, 6) is -0.478. The van der Waals surface area contributed by atoms with E-state index in [4.69, 9.17) is 15.9 Å². The molecule has 0 aliphatic rings. The van der Waals surface area contributed by atoms with Gasteiger partial charge >= 0.3 is 5.97 Å². The first kappa shape index (κ1) is 20.1. The smallest absolute Gasteiger partial charge is 0.326 e. The lowest BCUT2D eigenvalue weighted by molar-refractivity contribution is -0.150. The Bertz CT molecular complexity index is 199. The van der Waals surface area contributed by atoms with Crippen LogP contribution in [0.15, 0.2) is 0 Å². The zero-order valence-electron chi connectivity index (χ0n) is 9.28. The van der Waals surface area contributed by atoms with Crippen molar-refractivity contribution in [3.8, 4) is 0 Å². The molecule has 0 fully saturated rings. The minimum absolute atomic E-state index is 0. The molecule has 0 heterocycles. The van der Waals surface area contributed by atoms with Crippen LogP contribution in [0.1, 0.15) is 27.2 Å². The molecule has 6 heteroatoms. The van der Waals surface area contributed by atoms with Crippen LogP contribution in [0.3, 0.4) is 0 Å². The summed E-state index contributed by atoms with van der Waals surface area (Å²) in [5.41, 5.74) is 4.81. The fourth-order valence-corrected chi connectivity index (χ4v) is 0.909. The maximum atomic E-state index is 11.4. The number of esters is 1. The van der Waals surface area contributed by atoms with Crippen LogP contribution >= 0.6 is 24.8 Å². The first-order chi connectivity index (χ1) is 5.96. The summed E-state index contributed by atoms with van der Waals surface area (Å²) in [7, 11) is 0. The topological polar surface area (TPSA) is 76.2 Å². The average molecular weight is 259 g/mol. The van der Waals surface area contributed by atoms with Crippen molar-refractivity contribution in [2.24, 2.45) is 11.7 Å². The lowest BCUT2D eigenvalue weighted by Gasteiger charge is -2.27. The lowest BCUT2D eigenvalue weighted by atomic mass is 9.86. The first-order valence-corrected chi connectivity index (χ1v) is 4.41. The van der Waals surface area contributed by atoms with Gasteiger partial charge in [0.1, 0.15) is 5.54 Å². The van der Waals surface area contributed by atoms with Crippen molar-refractivity contribution in [2.75, 3.05) is 6.61 Å². The molecule has 92 valence electrons. The monoisotopic (exact) mass is 258 g/mol. The van der Waals surface area contributed by atoms with Crippen LogP contribution in [0.4, 0.5) is 0 Å². The molecule has 0 aromatic heterocycles. The van der Waals surface area contributed by atoms with Gasteiger partial charge in [-0.3, -0.25) is 4.79 Å². The molecule has 0 aromatic carbocycles. The number of nitrogens with one attached hydrogen (secondary N) is 1. The molecule has 0 aliphatic heterocycles. The van der Waals surface area contributed by atoms with Crippen LogP contribution in [-0.4, -0.2) is 24.3 Å². The Kier molecular flexibility index (Phi) is 12.0. The van der Waals surface area contributed by atoms with Crippen LogP contribution < -0.4 is 5.73 Å². The predicted octanol–water partition coefficient (Wildman–Crippen LogP) is 1.79. The molecule has 3 N–H and O–H groups in total. The number of rotatable bonds is 5. The van der Waals surface area contributed by atoms with Gasteiger partial charge in [-0.1, -0.05) is 6.92 Å². The molecule has 15 heavy (non-hydrogen) atoms. The van der Waals surface area contributed by atoms with Crippen LogP contribution in [0.5, 0.6) is 0 Å². The number of halogens is 2. The second-order valence-corrected chi connectivity index (χ2v) is 3.34. The normalized spacial score (nSPS) is 14.9. The Labute approximate surface area is 103 Å². The van der Waals surface area contributed by atoms with Crippen LogP contribution in [0.25, 0.3) is 0 Å². The minimum atomic E-state index is -0.992. The highest BCUT2D eigenvalue weighted by atomic mass is 35.5. The summed E-state index contributed by atoms with van der Waals surface area (Å²) < 4.78 is 4.84. The number of nitrogens with two attached hydrogens (primary N) is 1. The van der Waals surface area contributed by atoms with Crippen LogP contribution in [0, 0.1) is 11.3 Å². The number of ether oxygens (including phenoxy) is 1. The molecule has 0 radical (unpaired) electrons. The fraction of sp³-hybridized carbons (Fsp3) is 0.778. The maximum absolute atomic E-state index is 11.4. The van der Waals surface area contributed by atoms with Crippen molar-refractivity contribution in [1.82, 2.24) is 0 Å². The van der Waals surface area contributed by atoms with Gasteiger partial charge in [0.05, 0.1) is 6.61 Å². The minimum Gasteiger partial charge on any atom is -0.465 e. The van der Waals surface area contributed by atoms with Gasteiger partial charge in [-0.15, -0.1) is 24.8 Å². The van der Waals surface area contributed by atoms with Gasteiger partial charge in [-0.05, 0) is 32.4 Å². The van der Waals surface area contributed by atoms with Crippen LogP contribution in [0.2, 0.25) is 0 Å². The Morgan fingerprint density at radius 2 is 2.07 bits per heavy atom. The quantitative estimate of drug-likeness (QED) is 0.583. The second-order valence-electron chi connectivity index (χ2n) is 3.34. The second kappa shape index (κ2) is 8.95. The molecule has 0 aromatic rings. The van der Waals surface area contributed by atoms with Gasteiger partial charge in [-0.25, -0.2) is 0 Å². The molecule has 0 amide bonds. The van der Waals surface area contributed by atoms with Crippen molar-refractivity contribution in [1.29, 1.82) is 5.41 Å². The van der Waals surface area contributed by atoms with Gasteiger partial charge in [0.2, 0.25) is 0 Å². The molecular weight excluding hydrogens is 239 g/mol. The Hall–Kier alpha value is -0.320. The van der Waals surface area contributed by atoms with E-state index >= 15 is 0 Å². The van der Waals surface area contributed by atoms with E-state index in [0.29, 0.717) is 13.0 Å². The molecule has 0 spiro atoms. The van der Waals surface area contributed by atoms with Crippen molar-refractivity contribution in [3.63, 3.8) is 0 Å². The van der Waals surface area contributed by atoms with E-state index in [-0.39, 0.29) is 30.7 Å². The summed E-state index contributed by atoms with van der Waals surface area (Å²) in [6, 6.07) is 0. The Balaban J connectivity index is -0.000000720. The van der Waals surface area contributed by atoms with Gasteiger partial charge < -0.3 is 15.9 Å². The van der Waals surface area contributed by atoms with E-state index in [1.807, 2.05) is 6.92 Å². The molecule has 0 aliphatic carbocycles. The highest BCUT2D eigenvalue weighted by Crippen LogP contribution is 2.18. The van der Waals surface area contributed by atoms with Gasteiger partial charge in [-0.2, -0.15) is 0 Å². The first-order valence-electron chi connectivity index (χ1n) is 4.41. The van der Waals surface area contributed by atoms with E-state index < -0.39 is 11.5 Å². The zero-order chi connectivity index (χ0) is 10.5. The molecule has 2 atom stereocenters. The van der Waals surface area contributed by atoms with Crippen LogP contribution in [-0.2, 0) is 9.53 Å². The third kappa shape index (κ3) is 5.97. The van der Waals surface area contributed by atoms with Crippen molar-refractivity contribution in [2.45, 2.75) is 32.7 Å². The van der Waals surface area contributed by atoms with Gasteiger partial charge in [0, 0.05) is 0 Å². The molecule has 0 bridgehead atoms. The van der Waals surface area contributed by atoms with Crippen molar-refractivity contribution in [3.05, 3.63) is 0 Å². The summed E-state index contributed by atoms with van der Waals surface area (Å²) in [4.78, 5) is 11.4. The lowest BCUT2D eigenvalue weighted by Crippen LogP contribution is -2.51. The summed E-state index contributed by atoms with van der Waals surface area (Å²) in [5, 5.41) is 6.92. The van der Waals surface area contributed by atoms with Gasteiger partial charge in [0.15, 0.2) is 0 Å². The molecule has 0 rings (SSSR count). The van der Waals surface area contributed by atoms with E-state index in [1.54, 1.807) is 13.8 Å². The largest absolute Gasteiger partial charge is 0.465 e. The van der Waals surface area contributed by atoms with E-state index in [9.17, 15) is 4.79 Å². The fourth-order valence-electron chi connectivity index (χ4n) is 0.909. The number of carbonyl (C=O) groups excluding carboxylic acids is 1. The Morgan fingerprint density at radius 3 is 2.40 bits per heavy atom. The third-order valence-electron chi connectivity index (χ3n) is 2.21. The Morgan fingerprint density at radius 1 is 1.60 bits per heavy atom. The molecule has 1 unspecified atom stereocenters. The predicted molar refractivity (Wildman–Crippen MR) is 66.3 cm³/mol. The highest BCUT2D eigenvalue weighted by molar-refractivity contribution is 5.85. The summed E-state index contributed by atoms with van der Waals surface area (Å²) >= 11 is 0. The molecule has 0 saturated heterocycles. The highest BCUT2D eigenvalue weighted by Gasteiger charge is 2.35. The van der Waals surface area contributed by atoms with E-state index in [1.165, 1.54) is 6.21 Å². The number of hydrogen-bond donors (Lipinski definition) is 2. The van der Waals surface area contributed by atoms with E-state index in [0.717, 1.165) is 0 Å². The third-order valence-corrected chi connectivity index (χ3v) is 2.21. The van der Waals surface area contributed by atoms with E-state index in [2.05, 4.69) is 0 Å². The summed E-state index contributed by atoms with van der Waals surface area (Å²) in [6.45, 7) is 5.55. The standard InChI is InChI=1S/C9H18N2O2.2ClH/c1-4-13-8(12)9(3,11)7(2)5-6-10;;/h6-7,10H,4-5,11H2,1-3H3;2*1H/t7-,9?;;/m0../s1. The summed E-state index contributed by atoms with van der Waals surface area (Å²) in [6.07, 6.45) is 1.75. The number of hydrogen-bond acceptors (Lipinski definition) is 4. The number of carbonyl (C=O) groups is 1. The SMILES string of the molecule is CCOC(=O)C(C)(N)[C@@H](C)CC=N.Cl.Cl. The van der Waals surface area contributed by atoms with Crippen molar-refractivity contribution < 1.29 is 9.53 Å². The van der Waals surface area contributed by atoms with Crippen molar-refractivity contribution >= 4 is 37.0 Å².